The lowest BCUT2D eigenvalue weighted by atomic mass is 10.0. The fourth-order valence-electron chi connectivity index (χ4n) is 2.42. The van der Waals surface area contributed by atoms with Gasteiger partial charge in [0.05, 0.1) is 0 Å². The Kier molecular flexibility index (Phi) is 6.52. The molecular formula is C13H27N3O. The fraction of sp³-hybridized carbons (Fsp3) is 0.923. The van der Waals surface area contributed by atoms with Crippen molar-refractivity contribution >= 4 is 5.91 Å². The molecule has 1 aliphatic heterocycles. The first-order valence-corrected chi connectivity index (χ1v) is 6.86. The Morgan fingerprint density at radius 3 is 2.94 bits per heavy atom. The average Bonchev–Trinajstić information content (AvgIpc) is 2.28. The molecule has 2 unspecified atom stereocenters. The molecular weight excluding hydrogens is 214 g/mol. The second-order valence-corrected chi connectivity index (χ2v) is 5.19. The monoisotopic (exact) mass is 241 g/mol. The first-order chi connectivity index (χ1) is 8.13. The molecule has 100 valence electrons. The standard InChI is InChI=1S/C13H27N3O/c1-3-6-11(14)9-13(17)15-10-12-7-4-5-8-16(12)2/h11-12H,3-10,14H2,1-2H3,(H,15,17). The highest BCUT2D eigenvalue weighted by Crippen LogP contribution is 2.13. The van der Waals surface area contributed by atoms with Crippen molar-refractivity contribution in [3.05, 3.63) is 0 Å². The molecule has 3 N–H and O–H groups in total. The molecule has 0 aromatic carbocycles. The molecule has 1 saturated heterocycles. The number of carbonyl (C=O) groups excluding carboxylic acids is 1. The van der Waals surface area contributed by atoms with Crippen molar-refractivity contribution < 1.29 is 4.79 Å². The number of amides is 1. The lowest BCUT2D eigenvalue weighted by Crippen LogP contribution is -2.45. The van der Waals surface area contributed by atoms with Gasteiger partial charge in [-0.3, -0.25) is 4.79 Å². The number of hydrogen-bond donors (Lipinski definition) is 2. The van der Waals surface area contributed by atoms with Crippen LogP contribution in [0.2, 0.25) is 0 Å². The van der Waals surface area contributed by atoms with Gasteiger partial charge >= 0.3 is 0 Å². The zero-order valence-corrected chi connectivity index (χ0v) is 11.2. The van der Waals surface area contributed by atoms with Crippen molar-refractivity contribution in [2.75, 3.05) is 20.1 Å². The van der Waals surface area contributed by atoms with Gasteiger partial charge in [-0.05, 0) is 32.9 Å². The molecule has 1 aliphatic rings. The molecule has 1 amide bonds. The minimum Gasteiger partial charge on any atom is -0.354 e. The van der Waals surface area contributed by atoms with E-state index in [9.17, 15) is 4.79 Å². The third-order valence-electron chi connectivity index (χ3n) is 3.56. The van der Waals surface area contributed by atoms with E-state index in [0.717, 1.165) is 25.9 Å². The number of piperidine rings is 1. The topological polar surface area (TPSA) is 58.4 Å². The van der Waals surface area contributed by atoms with E-state index < -0.39 is 0 Å². The van der Waals surface area contributed by atoms with Gasteiger partial charge in [0, 0.05) is 25.0 Å². The maximum atomic E-state index is 11.7. The van der Waals surface area contributed by atoms with E-state index >= 15 is 0 Å². The van der Waals surface area contributed by atoms with E-state index in [1.165, 1.54) is 19.3 Å². The van der Waals surface area contributed by atoms with Gasteiger partial charge in [-0.2, -0.15) is 0 Å². The zero-order chi connectivity index (χ0) is 12.7. The summed E-state index contributed by atoms with van der Waals surface area (Å²) >= 11 is 0. The zero-order valence-electron chi connectivity index (χ0n) is 11.2. The minimum absolute atomic E-state index is 0.0177. The van der Waals surface area contributed by atoms with Gasteiger partial charge < -0.3 is 16.0 Å². The van der Waals surface area contributed by atoms with Crippen LogP contribution in [-0.4, -0.2) is 43.0 Å². The SMILES string of the molecule is CCCC(N)CC(=O)NCC1CCCCN1C. The van der Waals surface area contributed by atoms with Crippen molar-refractivity contribution in [1.29, 1.82) is 0 Å². The Morgan fingerprint density at radius 1 is 1.53 bits per heavy atom. The van der Waals surface area contributed by atoms with Gasteiger partial charge in [0.15, 0.2) is 0 Å². The number of carbonyl (C=O) groups is 1. The molecule has 1 heterocycles. The highest BCUT2D eigenvalue weighted by molar-refractivity contribution is 5.76. The van der Waals surface area contributed by atoms with E-state index in [1.54, 1.807) is 0 Å². The summed E-state index contributed by atoms with van der Waals surface area (Å²) < 4.78 is 0. The molecule has 0 spiro atoms. The third kappa shape index (κ3) is 5.50. The fourth-order valence-corrected chi connectivity index (χ4v) is 2.42. The van der Waals surface area contributed by atoms with Gasteiger partial charge in [-0.1, -0.05) is 19.8 Å². The highest BCUT2D eigenvalue weighted by Gasteiger charge is 2.19. The normalized spacial score (nSPS) is 23.4. The molecule has 17 heavy (non-hydrogen) atoms. The number of nitrogens with two attached hydrogens (primary N) is 1. The average molecular weight is 241 g/mol. The van der Waals surface area contributed by atoms with Gasteiger partial charge in [-0.25, -0.2) is 0 Å². The van der Waals surface area contributed by atoms with E-state index in [0.29, 0.717) is 12.5 Å². The summed E-state index contributed by atoms with van der Waals surface area (Å²) in [7, 11) is 2.14. The molecule has 0 bridgehead atoms. The Bertz CT molecular complexity index is 233. The molecule has 4 heteroatoms. The maximum absolute atomic E-state index is 11.7. The highest BCUT2D eigenvalue weighted by atomic mass is 16.1. The largest absolute Gasteiger partial charge is 0.354 e. The smallest absolute Gasteiger partial charge is 0.221 e. The van der Waals surface area contributed by atoms with Crippen LogP contribution in [0.3, 0.4) is 0 Å². The number of likely N-dealkylation sites (N-methyl/N-ethyl adjacent to an activating group) is 1. The van der Waals surface area contributed by atoms with E-state index in [4.69, 9.17) is 5.73 Å². The van der Waals surface area contributed by atoms with Crippen LogP contribution in [0.15, 0.2) is 0 Å². The van der Waals surface area contributed by atoms with Gasteiger partial charge in [0.25, 0.3) is 0 Å². The third-order valence-corrected chi connectivity index (χ3v) is 3.56. The summed E-state index contributed by atoms with van der Waals surface area (Å²) in [5.41, 5.74) is 5.85. The van der Waals surface area contributed by atoms with Crippen LogP contribution in [0.4, 0.5) is 0 Å². The van der Waals surface area contributed by atoms with Crippen molar-refractivity contribution in [2.45, 2.75) is 57.5 Å². The Morgan fingerprint density at radius 2 is 2.29 bits per heavy atom. The van der Waals surface area contributed by atoms with Gasteiger partial charge in [0.1, 0.15) is 0 Å². The predicted octanol–water partition coefficient (Wildman–Crippen LogP) is 1.10. The Hall–Kier alpha value is -0.610. The van der Waals surface area contributed by atoms with Crippen LogP contribution in [0.5, 0.6) is 0 Å². The molecule has 0 radical (unpaired) electrons. The van der Waals surface area contributed by atoms with Crippen molar-refractivity contribution in [3.63, 3.8) is 0 Å². The first-order valence-electron chi connectivity index (χ1n) is 6.86. The molecule has 0 aromatic heterocycles. The second kappa shape index (κ2) is 7.67. The molecule has 4 nitrogen and oxygen atoms in total. The molecule has 0 aliphatic carbocycles. The predicted molar refractivity (Wildman–Crippen MR) is 70.8 cm³/mol. The lowest BCUT2D eigenvalue weighted by Gasteiger charge is -2.32. The summed E-state index contributed by atoms with van der Waals surface area (Å²) in [6.45, 7) is 4.01. The maximum Gasteiger partial charge on any atom is 0.221 e. The lowest BCUT2D eigenvalue weighted by molar-refractivity contribution is -0.121. The number of nitrogens with zero attached hydrogens (tertiary/aromatic N) is 1. The van der Waals surface area contributed by atoms with Crippen LogP contribution in [0.25, 0.3) is 0 Å². The minimum atomic E-state index is 0.0177. The molecule has 1 rings (SSSR count). The van der Waals surface area contributed by atoms with E-state index in [2.05, 4.69) is 24.2 Å². The summed E-state index contributed by atoms with van der Waals surface area (Å²) in [5, 5.41) is 3.01. The molecule has 0 saturated carbocycles. The van der Waals surface area contributed by atoms with Crippen molar-refractivity contribution in [1.82, 2.24) is 10.2 Å². The van der Waals surface area contributed by atoms with Gasteiger partial charge in [0.2, 0.25) is 5.91 Å². The van der Waals surface area contributed by atoms with Crippen LogP contribution in [-0.2, 0) is 4.79 Å². The number of likely N-dealkylation sites (tertiary alicyclic amines) is 1. The van der Waals surface area contributed by atoms with Crippen molar-refractivity contribution in [3.8, 4) is 0 Å². The van der Waals surface area contributed by atoms with Crippen LogP contribution in [0, 0.1) is 0 Å². The summed E-state index contributed by atoms with van der Waals surface area (Å²) in [5.74, 6) is 0.102. The Balaban J connectivity index is 2.18. The molecule has 1 fully saturated rings. The second-order valence-electron chi connectivity index (χ2n) is 5.19. The first kappa shape index (κ1) is 14.5. The van der Waals surface area contributed by atoms with E-state index in [1.807, 2.05) is 0 Å². The number of rotatable bonds is 6. The summed E-state index contributed by atoms with van der Waals surface area (Å²) in [6, 6.07) is 0.527. The summed E-state index contributed by atoms with van der Waals surface area (Å²) in [4.78, 5) is 14.0. The number of hydrogen-bond acceptors (Lipinski definition) is 3. The van der Waals surface area contributed by atoms with Crippen LogP contribution >= 0.6 is 0 Å². The molecule has 2 atom stereocenters. The van der Waals surface area contributed by atoms with Crippen LogP contribution < -0.4 is 11.1 Å². The Labute approximate surface area is 105 Å². The van der Waals surface area contributed by atoms with Crippen molar-refractivity contribution in [2.24, 2.45) is 5.73 Å². The van der Waals surface area contributed by atoms with E-state index in [-0.39, 0.29) is 11.9 Å². The summed E-state index contributed by atoms with van der Waals surface area (Å²) in [6.07, 6.45) is 6.18. The number of nitrogens with one attached hydrogen (secondary N) is 1. The van der Waals surface area contributed by atoms with Gasteiger partial charge in [-0.15, -0.1) is 0 Å². The molecule has 0 aromatic rings. The van der Waals surface area contributed by atoms with Crippen LogP contribution in [0.1, 0.15) is 45.4 Å². The quantitative estimate of drug-likeness (QED) is 0.732.